The molecule has 0 unspecified atom stereocenters. The maximum Gasteiger partial charge on any atom is 0.290 e. The van der Waals surface area contributed by atoms with Gasteiger partial charge in [-0.05, 0) is 35.7 Å². The van der Waals surface area contributed by atoms with Crippen molar-refractivity contribution in [3.8, 4) is 0 Å². The number of para-hydroxylation sites is 1. The minimum atomic E-state index is -0.0919. The van der Waals surface area contributed by atoms with Crippen LogP contribution in [0.15, 0.2) is 70.6 Å². The highest BCUT2D eigenvalue weighted by molar-refractivity contribution is 7.09. The lowest BCUT2D eigenvalue weighted by Crippen LogP contribution is -2.30. The Bertz CT molecular complexity index is 965. The number of amides is 1. The second-order valence-electron chi connectivity index (χ2n) is 6.00. The Morgan fingerprint density at radius 3 is 2.72 bits per heavy atom. The number of fused-ring (bicyclic) bond motifs is 1. The van der Waals surface area contributed by atoms with E-state index in [0.717, 1.165) is 21.5 Å². The van der Waals surface area contributed by atoms with Crippen LogP contribution in [0, 0.1) is 0 Å². The minimum absolute atomic E-state index is 0.0919. The van der Waals surface area contributed by atoms with E-state index in [1.165, 1.54) is 0 Å². The number of aromatic nitrogens is 1. The van der Waals surface area contributed by atoms with Crippen LogP contribution in [0.1, 0.15) is 21.1 Å². The van der Waals surface area contributed by atoms with Crippen LogP contribution in [-0.4, -0.2) is 15.4 Å². The largest absolute Gasteiger partial charge is 0.451 e. The molecule has 4 rings (SSSR count). The Morgan fingerprint density at radius 1 is 1.12 bits per heavy atom. The third-order valence-corrected chi connectivity index (χ3v) is 5.12. The number of carbonyl (C=O) groups is 1. The molecule has 4 aromatic rings. The fourth-order valence-corrected chi connectivity index (χ4v) is 3.61. The van der Waals surface area contributed by atoms with Crippen LogP contribution in [0.3, 0.4) is 0 Å². The zero-order valence-electron chi connectivity index (χ0n) is 13.9. The number of furan rings is 1. The van der Waals surface area contributed by atoms with Crippen LogP contribution in [0.25, 0.3) is 11.0 Å². The maximum atomic E-state index is 13.1. The van der Waals surface area contributed by atoms with Crippen molar-refractivity contribution in [2.75, 3.05) is 0 Å². The standard InChI is InChI=1S/C20H18N2O2S/c1-21-10-4-7-16(21)13-22(14-17-8-5-11-25-17)20(23)19-12-15-6-2-3-9-18(15)24-19/h2-12H,13-14H2,1H3. The van der Waals surface area contributed by atoms with Crippen molar-refractivity contribution < 1.29 is 9.21 Å². The molecule has 0 saturated heterocycles. The summed E-state index contributed by atoms with van der Waals surface area (Å²) in [6.45, 7) is 1.11. The molecule has 0 bridgehead atoms. The number of nitrogens with zero attached hydrogens (tertiary/aromatic N) is 2. The number of carbonyl (C=O) groups excluding carboxylic acids is 1. The fourth-order valence-electron chi connectivity index (χ4n) is 2.89. The van der Waals surface area contributed by atoms with Crippen LogP contribution >= 0.6 is 11.3 Å². The van der Waals surface area contributed by atoms with Gasteiger partial charge in [0.05, 0.1) is 13.1 Å². The third kappa shape index (κ3) is 3.23. The molecule has 0 spiro atoms. The van der Waals surface area contributed by atoms with Crippen LogP contribution in [0.4, 0.5) is 0 Å². The molecule has 0 N–H and O–H groups in total. The van der Waals surface area contributed by atoms with Gasteiger partial charge in [-0.2, -0.15) is 0 Å². The lowest BCUT2D eigenvalue weighted by molar-refractivity contribution is 0.0698. The van der Waals surface area contributed by atoms with Gasteiger partial charge in [0.25, 0.3) is 5.91 Å². The number of aryl methyl sites for hydroxylation is 1. The molecule has 0 radical (unpaired) electrons. The molecule has 3 heterocycles. The summed E-state index contributed by atoms with van der Waals surface area (Å²) in [5.41, 5.74) is 1.82. The van der Waals surface area contributed by atoms with E-state index in [1.807, 2.05) is 76.6 Å². The topological polar surface area (TPSA) is 38.4 Å². The zero-order chi connectivity index (χ0) is 17.2. The predicted molar refractivity (Wildman–Crippen MR) is 99.5 cm³/mol. The summed E-state index contributed by atoms with van der Waals surface area (Å²) in [5, 5.41) is 2.97. The van der Waals surface area contributed by atoms with Crippen molar-refractivity contribution in [1.82, 2.24) is 9.47 Å². The minimum Gasteiger partial charge on any atom is -0.451 e. The summed E-state index contributed by atoms with van der Waals surface area (Å²) in [6, 6.07) is 17.6. The van der Waals surface area contributed by atoms with Gasteiger partial charge in [0.15, 0.2) is 5.76 Å². The van der Waals surface area contributed by atoms with Gasteiger partial charge >= 0.3 is 0 Å². The highest BCUT2D eigenvalue weighted by Gasteiger charge is 2.21. The van der Waals surface area contributed by atoms with E-state index in [-0.39, 0.29) is 5.91 Å². The molecule has 0 aliphatic rings. The summed E-state index contributed by atoms with van der Waals surface area (Å²) >= 11 is 1.65. The first kappa shape index (κ1) is 15.7. The Morgan fingerprint density at radius 2 is 2.00 bits per heavy atom. The highest BCUT2D eigenvalue weighted by Crippen LogP contribution is 2.22. The second-order valence-corrected chi connectivity index (χ2v) is 7.03. The first-order valence-electron chi connectivity index (χ1n) is 8.11. The van der Waals surface area contributed by atoms with Crippen molar-refractivity contribution in [3.63, 3.8) is 0 Å². The number of rotatable bonds is 5. The smallest absolute Gasteiger partial charge is 0.290 e. The van der Waals surface area contributed by atoms with Gasteiger partial charge in [-0.15, -0.1) is 11.3 Å². The summed E-state index contributed by atoms with van der Waals surface area (Å²) in [5.74, 6) is 0.290. The molecule has 0 atom stereocenters. The maximum absolute atomic E-state index is 13.1. The van der Waals surface area contributed by atoms with Gasteiger partial charge in [-0.3, -0.25) is 4.79 Å². The highest BCUT2D eigenvalue weighted by atomic mass is 32.1. The summed E-state index contributed by atoms with van der Waals surface area (Å²) in [6.07, 6.45) is 1.99. The van der Waals surface area contributed by atoms with E-state index in [0.29, 0.717) is 18.8 Å². The molecule has 4 nitrogen and oxygen atoms in total. The van der Waals surface area contributed by atoms with Gasteiger partial charge in [0, 0.05) is 29.2 Å². The molecular weight excluding hydrogens is 332 g/mol. The van der Waals surface area contributed by atoms with Crippen molar-refractivity contribution in [1.29, 1.82) is 0 Å². The number of hydrogen-bond donors (Lipinski definition) is 0. The van der Waals surface area contributed by atoms with E-state index in [2.05, 4.69) is 6.07 Å². The summed E-state index contributed by atoms with van der Waals surface area (Å²) < 4.78 is 7.82. The Balaban J connectivity index is 1.65. The molecule has 0 saturated carbocycles. The predicted octanol–water partition coefficient (Wildman–Crippen LogP) is 4.68. The molecular formula is C20H18N2O2S. The lowest BCUT2D eigenvalue weighted by Gasteiger charge is -2.21. The molecule has 1 amide bonds. The van der Waals surface area contributed by atoms with Crippen LogP contribution in [0.5, 0.6) is 0 Å². The van der Waals surface area contributed by atoms with Gasteiger partial charge in [0.2, 0.25) is 0 Å². The van der Waals surface area contributed by atoms with Crippen LogP contribution in [0.2, 0.25) is 0 Å². The number of thiophene rings is 1. The third-order valence-electron chi connectivity index (χ3n) is 4.25. The molecule has 25 heavy (non-hydrogen) atoms. The van der Waals surface area contributed by atoms with E-state index >= 15 is 0 Å². The molecule has 5 heteroatoms. The van der Waals surface area contributed by atoms with E-state index in [4.69, 9.17) is 4.42 Å². The lowest BCUT2D eigenvalue weighted by atomic mass is 10.2. The van der Waals surface area contributed by atoms with Crippen molar-refractivity contribution in [2.24, 2.45) is 7.05 Å². The van der Waals surface area contributed by atoms with E-state index < -0.39 is 0 Å². The Labute approximate surface area is 149 Å². The van der Waals surface area contributed by atoms with Crippen molar-refractivity contribution in [2.45, 2.75) is 13.1 Å². The van der Waals surface area contributed by atoms with Gasteiger partial charge in [-0.25, -0.2) is 0 Å². The molecule has 126 valence electrons. The SMILES string of the molecule is Cn1cccc1CN(Cc1cccs1)C(=O)c1cc2ccccc2o1. The molecule has 3 aromatic heterocycles. The molecule has 0 aliphatic heterocycles. The Kier molecular flexibility index (Phi) is 4.15. The van der Waals surface area contributed by atoms with Gasteiger partial charge in [0.1, 0.15) is 5.58 Å². The quantitative estimate of drug-likeness (QED) is 0.524. The first-order valence-corrected chi connectivity index (χ1v) is 8.99. The Hall–Kier alpha value is -2.79. The van der Waals surface area contributed by atoms with Crippen molar-refractivity contribution >= 4 is 28.2 Å². The fraction of sp³-hybridized carbons (Fsp3) is 0.150. The molecule has 0 fully saturated rings. The summed E-state index contributed by atoms with van der Waals surface area (Å²) in [4.78, 5) is 16.1. The monoisotopic (exact) mass is 350 g/mol. The van der Waals surface area contributed by atoms with E-state index in [9.17, 15) is 4.79 Å². The van der Waals surface area contributed by atoms with Gasteiger partial charge < -0.3 is 13.9 Å². The molecule has 1 aromatic carbocycles. The van der Waals surface area contributed by atoms with Crippen molar-refractivity contribution in [3.05, 3.63) is 82.5 Å². The van der Waals surface area contributed by atoms with Crippen LogP contribution in [-0.2, 0) is 20.1 Å². The number of benzene rings is 1. The molecule has 0 aliphatic carbocycles. The second kappa shape index (κ2) is 6.61. The average Bonchev–Trinajstić information content (AvgIpc) is 3.35. The first-order chi connectivity index (χ1) is 12.2. The summed E-state index contributed by atoms with van der Waals surface area (Å²) in [7, 11) is 1.99. The van der Waals surface area contributed by atoms with Gasteiger partial charge in [-0.1, -0.05) is 24.3 Å². The van der Waals surface area contributed by atoms with E-state index in [1.54, 1.807) is 11.3 Å². The normalized spacial score (nSPS) is 11.1. The zero-order valence-corrected chi connectivity index (χ0v) is 14.7. The number of hydrogen-bond acceptors (Lipinski definition) is 3. The van der Waals surface area contributed by atoms with Crippen LogP contribution < -0.4 is 0 Å². The average molecular weight is 350 g/mol.